The van der Waals surface area contributed by atoms with Crippen molar-refractivity contribution in [1.82, 2.24) is 10.2 Å². The second-order valence-electron chi connectivity index (χ2n) is 7.85. The Kier molecular flexibility index (Phi) is 6.31. The van der Waals surface area contributed by atoms with Crippen molar-refractivity contribution >= 4 is 17.7 Å². The van der Waals surface area contributed by atoms with Crippen LogP contribution < -0.4 is 10.1 Å². The number of methoxy groups -OCH3 is 1. The summed E-state index contributed by atoms with van der Waals surface area (Å²) in [6.07, 6.45) is 0.479. The zero-order valence-electron chi connectivity index (χ0n) is 18.9. The fourth-order valence-corrected chi connectivity index (χ4v) is 4.31. The van der Waals surface area contributed by atoms with E-state index in [2.05, 4.69) is 5.32 Å². The number of ketones is 1. The smallest absolute Gasteiger partial charge is 0.338 e. The lowest BCUT2D eigenvalue weighted by Gasteiger charge is -2.43. The van der Waals surface area contributed by atoms with Crippen molar-refractivity contribution in [3.05, 3.63) is 88.4 Å². The molecule has 2 aromatic carbocycles. The lowest BCUT2D eigenvalue weighted by atomic mass is 9.88. The summed E-state index contributed by atoms with van der Waals surface area (Å²) in [6.45, 7) is 3.70. The van der Waals surface area contributed by atoms with Crippen molar-refractivity contribution in [2.24, 2.45) is 0 Å². The number of fused-ring (bicyclic) bond motifs is 1. The standard InChI is InChI=1S/C26H26N2O5/c1-4-33-26(31)22-16(2)27-25-20(24(30)17-9-6-5-7-10-17)13-14-21(29)28(25)23(22)18-11-8-12-19(15-18)32-3/h5-12,15,23,27H,4,13-14H2,1-3H3. The molecular weight excluding hydrogens is 420 g/mol. The van der Waals surface area contributed by atoms with Gasteiger partial charge in [0.05, 0.1) is 25.3 Å². The molecule has 1 unspecified atom stereocenters. The van der Waals surface area contributed by atoms with E-state index in [1.54, 1.807) is 45.2 Å². The van der Waals surface area contributed by atoms with E-state index in [4.69, 9.17) is 9.47 Å². The van der Waals surface area contributed by atoms with E-state index in [9.17, 15) is 14.4 Å². The molecule has 0 aromatic heterocycles. The lowest BCUT2D eigenvalue weighted by Crippen LogP contribution is -2.49. The third-order valence-electron chi connectivity index (χ3n) is 5.84. The number of rotatable bonds is 6. The largest absolute Gasteiger partial charge is 0.497 e. The summed E-state index contributed by atoms with van der Waals surface area (Å²) < 4.78 is 10.7. The molecule has 2 aliphatic rings. The Balaban J connectivity index is 1.91. The van der Waals surface area contributed by atoms with Crippen molar-refractivity contribution in [2.45, 2.75) is 32.7 Å². The van der Waals surface area contributed by atoms with Gasteiger partial charge in [0.1, 0.15) is 11.6 Å². The van der Waals surface area contributed by atoms with Gasteiger partial charge in [0.2, 0.25) is 5.91 Å². The summed E-state index contributed by atoms with van der Waals surface area (Å²) in [7, 11) is 1.56. The molecule has 0 fully saturated rings. The number of hydrogen-bond donors (Lipinski definition) is 1. The Hall–Kier alpha value is -3.87. The minimum absolute atomic E-state index is 0.146. The fourth-order valence-electron chi connectivity index (χ4n) is 4.31. The topological polar surface area (TPSA) is 84.9 Å². The second kappa shape index (κ2) is 9.32. The molecule has 0 spiro atoms. The zero-order chi connectivity index (χ0) is 23.5. The fraction of sp³-hybridized carbons (Fsp3) is 0.269. The number of Topliss-reactive ketones (excluding diaryl/α,β-unsaturated/α-hetero) is 1. The van der Waals surface area contributed by atoms with Crippen LogP contribution in [-0.2, 0) is 14.3 Å². The Bertz CT molecular complexity index is 1170. The summed E-state index contributed by atoms with van der Waals surface area (Å²) in [4.78, 5) is 41.1. The molecule has 0 saturated carbocycles. The summed E-state index contributed by atoms with van der Waals surface area (Å²) in [5.74, 6) is 0.182. The summed E-state index contributed by atoms with van der Waals surface area (Å²) in [5, 5.41) is 3.18. The molecule has 1 amide bonds. The number of nitrogens with one attached hydrogen (secondary N) is 1. The first-order chi connectivity index (χ1) is 16.0. The third-order valence-corrected chi connectivity index (χ3v) is 5.84. The van der Waals surface area contributed by atoms with E-state index in [0.717, 1.165) is 0 Å². The van der Waals surface area contributed by atoms with Crippen molar-refractivity contribution in [1.29, 1.82) is 0 Å². The number of carbonyl (C=O) groups is 3. The number of carbonyl (C=O) groups excluding carboxylic acids is 3. The normalized spacial score (nSPS) is 18.0. The van der Waals surface area contributed by atoms with Gasteiger partial charge in [-0.05, 0) is 38.0 Å². The molecule has 0 bridgehead atoms. The zero-order valence-corrected chi connectivity index (χ0v) is 18.9. The second-order valence-corrected chi connectivity index (χ2v) is 7.85. The molecule has 170 valence electrons. The van der Waals surface area contributed by atoms with Crippen LogP contribution in [0.4, 0.5) is 0 Å². The average molecular weight is 447 g/mol. The highest BCUT2D eigenvalue weighted by molar-refractivity contribution is 6.10. The van der Waals surface area contributed by atoms with Crippen LogP contribution in [0.1, 0.15) is 48.7 Å². The Labute approximate surface area is 192 Å². The quantitative estimate of drug-likeness (QED) is 0.535. The van der Waals surface area contributed by atoms with Gasteiger partial charge in [-0.2, -0.15) is 0 Å². The minimum atomic E-state index is -0.748. The summed E-state index contributed by atoms with van der Waals surface area (Å²) in [5.41, 5.74) is 2.62. The van der Waals surface area contributed by atoms with Gasteiger partial charge in [-0.1, -0.05) is 42.5 Å². The molecule has 0 radical (unpaired) electrons. The number of ether oxygens (including phenoxy) is 2. The highest BCUT2D eigenvalue weighted by Gasteiger charge is 2.43. The maximum Gasteiger partial charge on any atom is 0.338 e. The number of amides is 1. The SMILES string of the molecule is CCOC(=O)C1=C(C)NC2=C(C(=O)c3ccccc3)CCC(=O)N2C1c1cccc(OC)c1. The average Bonchev–Trinajstić information content (AvgIpc) is 2.83. The number of nitrogens with zero attached hydrogens (tertiary/aromatic N) is 1. The van der Waals surface area contributed by atoms with Crippen LogP contribution >= 0.6 is 0 Å². The first kappa shape index (κ1) is 22.3. The molecule has 0 aliphatic carbocycles. The van der Waals surface area contributed by atoms with E-state index < -0.39 is 12.0 Å². The van der Waals surface area contributed by atoms with Crippen molar-refractivity contribution < 1.29 is 23.9 Å². The first-order valence-electron chi connectivity index (χ1n) is 10.9. The van der Waals surface area contributed by atoms with E-state index in [1.165, 1.54) is 4.90 Å². The van der Waals surface area contributed by atoms with Crippen LogP contribution in [0, 0.1) is 0 Å². The highest BCUT2D eigenvalue weighted by Crippen LogP contribution is 2.42. The van der Waals surface area contributed by atoms with E-state index in [-0.39, 0.29) is 24.7 Å². The van der Waals surface area contributed by atoms with Crippen molar-refractivity contribution in [3.8, 4) is 5.75 Å². The lowest BCUT2D eigenvalue weighted by molar-refractivity contribution is -0.140. The number of esters is 1. The Morgan fingerprint density at radius 2 is 1.85 bits per heavy atom. The van der Waals surface area contributed by atoms with Gasteiger partial charge < -0.3 is 14.8 Å². The molecule has 2 aliphatic heterocycles. The van der Waals surface area contributed by atoms with Crippen LogP contribution in [0.3, 0.4) is 0 Å². The number of benzene rings is 2. The van der Waals surface area contributed by atoms with Crippen LogP contribution in [0.25, 0.3) is 0 Å². The van der Waals surface area contributed by atoms with Gasteiger partial charge in [0.25, 0.3) is 0 Å². The minimum Gasteiger partial charge on any atom is -0.497 e. The predicted octanol–water partition coefficient (Wildman–Crippen LogP) is 3.89. The molecule has 0 saturated heterocycles. The molecule has 33 heavy (non-hydrogen) atoms. The van der Waals surface area contributed by atoms with Gasteiger partial charge in [-0.25, -0.2) is 4.79 Å². The maximum absolute atomic E-state index is 13.4. The van der Waals surface area contributed by atoms with E-state index >= 15 is 0 Å². The molecule has 1 atom stereocenters. The number of allylic oxidation sites excluding steroid dienone is 2. The maximum atomic E-state index is 13.4. The molecule has 4 rings (SSSR count). The highest BCUT2D eigenvalue weighted by atomic mass is 16.5. The monoisotopic (exact) mass is 446 g/mol. The molecule has 7 heteroatoms. The van der Waals surface area contributed by atoms with Crippen LogP contribution in [0.2, 0.25) is 0 Å². The molecule has 1 N–H and O–H groups in total. The molecule has 7 nitrogen and oxygen atoms in total. The third kappa shape index (κ3) is 4.14. The van der Waals surface area contributed by atoms with Gasteiger partial charge in [0, 0.05) is 23.3 Å². The Morgan fingerprint density at radius 1 is 1.09 bits per heavy atom. The van der Waals surface area contributed by atoms with Gasteiger partial charge >= 0.3 is 5.97 Å². The molecule has 2 heterocycles. The van der Waals surface area contributed by atoms with Crippen LogP contribution in [0.5, 0.6) is 5.75 Å². The molecule has 2 aromatic rings. The number of hydrogen-bond acceptors (Lipinski definition) is 6. The van der Waals surface area contributed by atoms with Gasteiger partial charge in [-0.3, -0.25) is 14.5 Å². The van der Waals surface area contributed by atoms with E-state index in [0.29, 0.717) is 46.0 Å². The predicted molar refractivity (Wildman–Crippen MR) is 122 cm³/mol. The summed E-state index contributed by atoms with van der Waals surface area (Å²) >= 11 is 0. The van der Waals surface area contributed by atoms with Crippen molar-refractivity contribution in [2.75, 3.05) is 13.7 Å². The van der Waals surface area contributed by atoms with Gasteiger partial charge in [-0.15, -0.1) is 0 Å². The van der Waals surface area contributed by atoms with E-state index in [1.807, 2.05) is 30.3 Å². The van der Waals surface area contributed by atoms with Crippen LogP contribution in [0.15, 0.2) is 77.3 Å². The van der Waals surface area contributed by atoms with Gasteiger partial charge in [0.15, 0.2) is 5.78 Å². The van der Waals surface area contributed by atoms with Crippen molar-refractivity contribution in [3.63, 3.8) is 0 Å². The first-order valence-corrected chi connectivity index (χ1v) is 10.9. The van der Waals surface area contributed by atoms with Crippen LogP contribution in [-0.4, -0.2) is 36.3 Å². The Morgan fingerprint density at radius 3 is 2.55 bits per heavy atom. The molecular formula is C26H26N2O5. The summed E-state index contributed by atoms with van der Waals surface area (Å²) in [6, 6.07) is 15.5.